The van der Waals surface area contributed by atoms with Gasteiger partial charge in [-0.15, -0.1) is 0 Å². The Labute approximate surface area is 239 Å². The van der Waals surface area contributed by atoms with E-state index in [9.17, 15) is 9.90 Å². The summed E-state index contributed by atoms with van der Waals surface area (Å²) in [5.74, 6) is 2.57. The summed E-state index contributed by atoms with van der Waals surface area (Å²) in [5.41, 5.74) is 7.58. The highest BCUT2D eigenvalue weighted by atomic mass is 16.4. The van der Waals surface area contributed by atoms with Crippen molar-refractivity contribution in [3.05, 3.63) is 38.7 Å². The Hall–Kier alpha value is -1.85. The van der Waals surface area contributed by atoms with Gasteiger partial charge in [-0.2, -0.15) is 0 Å². The van der Waals surface area contributed by atoms with E-state index in [0.29, 0.717) is 17.8 Å². The molecule has 3 aliphatic carbocycles. The van der Waals surface area contributed by atoms with Gasteiger partial charge < -0.3 is 19.7 Å². The Morgan fingerprint density at radius 1 is 0.900 bits per heavy atom. The van der Waals surface area contributed by atoms with Gasteiger partial charge in [-0.05, 0) is 148 Å². The van der Waals surface area contributed by atoms with Gasteiger partial charge in [0.1, 0.15) is 5.58 Å². The molecule has 3 aliphatic heterocycles. The maximum absolute atomic E-state index is 13.9. The third-order valence-electron chi connectivity index (χ3n) is 13.5. The van der Waals surface area contributed by atoms with Crippen LogP contribution in [0.4, 0.5) is 5.69 Å². The van der Waals surface area contributed by atoms with Gasteiger partial charge in [-0.25, -0.2) is 4.79 Å². The van der Waals surface area contributed by atoms with E-state index in [-0.39, 0.29) is 22.6 Å². The first-order chi connectivity index (χ1) is 19.4. The molecule has 0 bridgehead atoms. The van der Waals surface area contributed by atoms with Crippen molar-refractivity contribution in [2.45, 2.75) is 103 Å². The number of aliphatic hydroxyl groups excluding tert-OH is 1. The normalized spacial score (nSPS) is 39.1. The molecule has 1 aromatic heterocycles. The van der Waals surface area contributed by atoms with Crippen molar-refractivity contribution >= 4 is 16.7 Å². The quantitative estimate of drug-likeness (QED) is 0.411. The standard InChI is InChI=1S/C35H48N2O3/c1-34-14-16-36-15-12-23-26-19-21-5-3-17-37-18-4-6-25(31(21)37)32(26)40-33(39)27(23)20-22(34)7-8-24-28-9-10-30(38)35(28,2)13-11-29(24)34/h19,22,24,28-30,36,38H,3-18,20H2,1-2H3/t22-,24-,28-,29-,30-,34-,35-/m0/s1. The highest BCUT2D eigenvalue weighted by Crippen LogP contribution is 2.65. The number of nitrogens with zero attached hydrogens (tertiary/aromatic N) is 1. The fraction of sp³-hybridized carbons (Fsp3) is 0.743. The molecule has 2 aromatic rings. The maximum Gasteiger partial charge on any atom is 0.339 e. The summed E-state index contributed by atoms with van der Waals surface area (Å²) in [4.78, 5) is 16.5. The van der Waals surface area contributed by atoms with Crippen molar-refractivity contribution in [2.24, 2.45) is 34.5 Å². The molecule has 0 spiro atoms. The lowest BCUT2D eigenvalue weighted by molar-refractivity contribution is -0.111. The minimum Gasteiger partial charge on any atom is -0.422 e. The second-order valence-electron chi connectivity index (χ2n) is 15.0. The summed E-state index contributed by atoms with van der Waals surface area (Å²) in [6.45, 7) is 9.20. The number of hydrogen-bond donors (Lipinski definition) is 2. The molecule has 7 atom stereocenters. The Morgan fingerprint density at radius 3 is 2.60 bits per heavy atom. The summed E-state index contributed by atoms with van der Waals surface area (Å²) >= 11 is 0. The lowest BCUT2D eigenvalue weighted by Crippen LogP contribution is -2.54. The van der Waals surface area contributed by atoms with Crippen LogP contribution in [-0.2, 0) is 25.7 Å². The minimum atomic E-state index is -0.123. The molecule has 3 fully saturated rings. The SMILES string of the molecule is C[C@]12CCNCCc3c(c(=O)oc4c5c6c(cc34)CCCN6CCC5)C[C@@H]1CC[C@@H]1[C@@H]2CC[C@]2(C)[C@@H](O)CC[C@@H]12. The third-order valence-corrected chi connectivity index (χ3v) is 13.5. The van der Waals surface area contributed by atoms with Gasteiger partial charge in [0, 0.05) is 35.3 Å². The van der Waals surface area contributed by atoms with Gasteiger partial charge in [0.05, 0.1) is 6.10 Å². The Balaban J connectivity index is 1.21. The molecule has 0 saturated heterocycles. The molecule has 3 saturated carbocycles. The molecule has 6 aliphatic rings. The predicted octanol–water partition coefficient (Wildman–Crippen LogP) is 5.79. The first-order valence-corrected chi connectivity index (χ1v) is 16.7. The zero-order valence-corrected chi connectivity index (χ0v) is 24.7. The van der Waals surface area contributed by atoms with Gasteiger partial charge >= 0.3 is 5.63 Å². The molecular formula is C35H48N2O3. The van der Waals surface area contributed by atoms with Gasteiger partial charge in [-0.3, -0.25) is 0 Å². The van der Waals surface area contributed by atoms with Crippen LogP contribution in [0.3, 0.4) is 0 Å². The number of nitrogens with one attached hydrogen (secondary N) is 1. The highest BCUT2D eigenvalue weighted by molar-refractivity contribution is 5.91. The van der Waals surface area contributed by atoms with Gasteiger partial charge in [-0.1, -0.05) is 13.8 Å². The van der Waals surface area contributed by atoms with Crippen LogP contribution >= 0.6 is 0 Å². The molecule has 2 N–H and O–H groups in total. The monoisotopic (exact) mass is 544 g/mol. The zero-order valence-electron chi connectivity index (χ0n) is 24.7. The van der Waals surface area contributed by atoms with Crippen LogP contribution in [0.5, 0.6) is 0 Å². The second-order valence-corrected chi connectivity index (χ2v) is 15.0. The molecule has 40 heavy (non-hydrogen) atoms. The molecule has 8 rings (SSSR count). The fourth-order valence-electron chi connectivity index (χ4n) is 11.3. The van der Waals surface area contributed by atoms with E-state index in [1.165, 1.54) is 66.3 Å². The van der Waals surface area contributed by atoms with E-state index in [0.717, 1.165) is 88.2 Å². The lowest BCUT2D eigenvalue weighted by atomic mass is 9.46. The van der Waals surface area contributed by atoms with E-state index in [4.69, 9.17) is 4.42 Å². The summed E-state index contributed by atoms with van der Waals surface area (Å²) in [7, 11) is 0. The molecule has 0 unspecified atom stereocenters. The van der Waals surface area contributed by atoms with Crippen molar-refractivity contribution in [1.29, 1.82) is 0 Å². The topological polar surface area (TPSA) is 65.7 Å². The predicted molar refractivity (Wildman–Crippen MR) is 160 cm³/mol. The van der Waals surface area contributed by atoms with Crippen LogP contribution in [-0.4, -0.2) is 37.4 Å². The van der Waals surface area contributed by atoms with E-state index < -0.39 is 0 Å². The lowest BCUT2D eigenvalue weighted by Gasteiger charge is -2.59. The summed E-state index contributed by atoms with van der Waals surface area (Å²) in [6, 6.07) is 2.42. The number of rotatable bonds is 0. The van der Waals surface area contributed by atoms with Gasteiger partial charge in [0.2, 0.25) is 0 Å². The number of benzene rings is 1. The molecule has 1 aromatic carbocycles. The largest absolute Gasteiger partial charge is 0.422 e. The average Bonchev–Trinajstić information content (AvgIpc) is 3.26. The Bertz CT molecular complexity index is 1400. The van der Waals surface area contributed by atoms with Crippen molar-refractivity contribution in [1.82, 2.24) is 5.32 Å². The molecule has 216 valence electrons. The molecule has 0 amide bonds. The van der Waals surface area contributed by atoms with Crippen LogP contribution < -0.4 is 15.8 Å². The zero-order chi connectivity index (χ0) is 27.2. The van der Waals surface area contributed by atoms with E-state index in [1.807, 2.05) is 0 Å². The molecular weight excluding hydrogens is 496 g/mol. The number of aliphatic hydroxyl groups is 1. The van der Waals surface area contributed by atoms with E-state index in [2.05, 4.69) is 30.1 Å². The van der Waals surface area contributed by atoms with Gasteiger partial charge in [0.25, 0.3) is 0 Å². The number of fused-ring (bicyclic) bond motifs is 9. The van der Waals surface area contributed by atoms with E-state index >= 15 is 0 Å². The van der Waals surface area contributed by atoms with Crippen LogP contribution in [0.1, 0.15) is 93.9 Å². The first-order valence-electron chi connectivity index (χ1n) is 16.7. The average molecular weight is 545 g/mol. The fourth-order valence-corrected chi connectivity index (χ4v) is 11.3. The molecule has 4 heterocycles. The van der Waals surface area contributed by atoms with Crippen LogP contribution in [0.25, 0.3) is 11.0 Å². The van der Waals surface area contributed by atoms with Crippen molar-refractivity contribution < 1.29 is 9.52 Å². The summed E-state index contributed by atoms with van der Waals surface area (Å²) in [5, 5.41) is 16.0. The van der Waals surface area contributed by atoms with E-state index in [1.54, 1.807) is 0 Å². The minimum absolute atomic E-state index is 0.0631. The van der Waals surface area contributed by atoms with Gasteiger partial charge in [0.15, 0.2) is 0 Å². The van der Waals surface area contributed by atoms with Crippen LogP contribution in [0, 0.1) is 34.5 Å². The summed E-state index contributed by atoms with van der Waals surface area (Å²) in [6.07, 6.45) is 14.4. The third kappa shape index (κ3) is 3.62. The van der Waals surface area contributed by atoms with Crippen LogP contribution in [0.15, 0.2) is 15.3 Å². The second kappa shape index (κ2) is 9.33. The molecule has 5 heteroatoms. The Kier molecular flexibility index (Phi) is 6.02. The number of anilines is 1. The summed E-state index contributed by atoms with van der Waals surface area (Å²) < 4.78 is 6.37. The molecule has 5 nitrogen and oxygen atoms in total. The van der Waals surface area contributed by atoms with Crippen molar-refractivity contribution in [3.63, 3.8) is 0 Å². The Morgan fingerprint density at radius 2 is 1.73 bits per heavy atom. The highest BCUT2D eigenvalue weighted by Gasteiger charge is 2.59. The number of aryl methyl sites for hydroxylation is 2. The molecule has 0 radical (unpaired) electrons. The maximum atomic E-state index is 13.9. The van der Waals surface area contributed by atoms with Crippen molar-refractivity contribution in [3.8, 4) is 0 Å². The smallest absolute Gasteiger partial charge is 0.339 e. The van der Waals surface area contributed by atoms with Crippen LogP contribution in [0.2, 0.25) is 0 Å². The number of hydrogen-bond acceptors (Lipinski definition) is 5. The van der Waals surface area contributed by atoms with Crippen molar-refractivity contribution in [2.75, 3.05) is 31.1 Å². The first kappa shape index (κ1) is 25.8.